The first-order valence-corrected chi connectivity index (χ1v) is 8.57. The summed E-state index contributed by atoms with van der Waals surface area (Å²) in [6, 6.07) is 11.9. The zero-order chi connectivity index (χ0) is 17.0. The number of benzene rings is 2. The first kappa shape index (κ1) is 17.0. The lowest BCUT2D eigenvalue weighted by molar-refractivity contribution is 0.0600. The Bertz CT molecular complexity index is 803. The average molecular weight is 337 g/mol. The van der Waals surface area contributed by atoms with Crippen molar-refractivity contribution >= 4 is 21.7 Å². The second kappa shape index (κ2) is 6.78. The van der Waals surface area contributed by atoms with Gasteiger partial charge in [0.1, 0.15) is 5.82 Å². The molecule has 0 aromatic heterocycles. The quantitative estimate of drug-likeness (QED) is 0.787. The van der Waals surface area contributed by atoms with Crippen LogP contribution in [0.2, 0.25) is 0 Å². The number of hydrogen-bond donors (Lipinski definition) is 0. The topological polar surface area (TPSA) is 63.7 Å². The molecule has 0 aliphatic rings. The van der Waals surface area contributed by atoms with E-state index in [1.54, 1.807) is 18.2 Å². The van der Waals surface area contributed by atoms with Crippen LogP contribution < -0.4 is 4.31 Å². The Morgan fingerprint density at radius 1 is 1.13 bits per heavy atom. The molecule has 0 aliphatic heterocycles. The maximum Gasteiger partial charge on any atom is 0.337 e. The van der Waals surface area contributed by atoms with Crippen molar-refractivity contribution in [2.24, 2.45) is 0 Å². The Hall–Kier alpha value is -2.41. The van der Waals surface area contributed by atoms with Crippen LogP contribution in [0.1, 0.15) is 15.9 Å². The van der Waals surface area contributed by atoms with Crippen molar-refractivity contribution in [3.63, 3.8) is 0 Å². The summed E-state index contributed by atoms with van der Waals surface area (Å²) in [7, 11) is -2.39. The van der Waals surface area contributed by atoms with Crippen LogP contribution in [-0.2, 0) is 21.3 Å². The summed E-state index contributed by atoms with van der Waals surface area (Å²) in [4.78, 5) is 11.4. The molecular weight excluding hydrogens is 321 g/mol. The number of hydrogen-bond acceptors (Lipinski definition) is 4. The lowest BCUT2D eigenvalue weighted by Gasteiger charge is -2.23. The van der Waals surface area contributed by atoms with E-state index in [0.29, 0.717) is 11.1 Å². The molecule has 0 amide bonds. The van der Waals surface area contributed by atoms with Crippen molar-refractivity contribution < 1.29 is 22.3 Å². The van der Waals surface area contributed by atoms with E-state index in [0.717, 1.165) is 10.6 Å². The molecule has 2 aromatic carbocycles. The van der Waals surface area contributed by atoms with E-state index in [4.69, 9.17) is 0 Å². The van der Waals surface area contributed by atoms with Gasteiger partial charge in [0.05, 0.1) is 31.2 Å². The summed E-state index contributed by atoms with van der Waals surface area (Å²) in [5.74, 6) is -1.10. The third-order valence-corrected chi connectivity index (χ3v) is 4.35. The second-order valence-electron chi connectivity index (χ2n) is 4.91. The van der Waals surface area contributed by atoms with E-state index in [1.165, 1.54) is 37.4 Å². The Labute approximate surface area is 134 Å². The fourth-order valence-corrected chi connectivity index (χ4v) is 2.95. The Morgan fingerprint density at radius 3 is 2.26 bits per heavy atom. The van der Waals surface area contributed by atoms with Crippen molar-refractivity contribution in [1.82, 2.24) is 0 Å². The van der Waals surface area contributed by atoms with E-state index in [9.17, 15) is 17.6 Å². The summed E-state index contributed by atoms with van der Waals surface area (Å²) in [6.07, 6.45) is 1.02. The summed E-state index contributed by atoms with van der Waals surface area (Å²) in [6.45, 7) is -0.0405. The highest BCUT2D eigenvalue weighted by atomic mass is 32.2. The second-order valence-corrected chi connectivity index (χ2v) is 6.82. The van der Waals surface area contributed by atoms with Crippen LogP contribution in [0, 0.1) is 5.82 Å². The lowest BCUT2D eigenvalue weighted by atomic mass is 10.1. The van der Waals surface area contributed by atoms with E-state index in [1.807, 2.05) is 0 Å². The summed E-state index contributed by atoms with van der Waals surface area (Å²) in [5, 5.41) is 0. The molecule has 2 aromatic rings. The smallest absolute Gasteiger partial charge is 0.337 e. The number of nitrogens with zero attached hydrogens (tertiary/aromatic N) is 1. The van der Waals surface area contributed by atoms with E-state index in [-0.39, 0.29) is 12.2 Å². The first-order valence-electron chi connectivity index (χ1n) is 6.72. The maximum absolute atomic E-state index is 13.9. The van der Waals surface area contributed by atoms with Gasteiger partial charge in [-0.15, -0.1) is 0 Å². The Balaban J connectivity index is 2.33. The van der Waals surface area contributed by atoms with E-state index in [2.05, 4.69) is 4.74 Å². The summed E-state index contributed by atoms with van der Waals surface area (Å²) >= 11 is 0. The number of sulfonamides is 1. The molecule has 0 bridgehead atoms. The molecule has 0 spiro atoms. The van der Waals surface area contributed by atoms with Gasteiger partial charge >= 0.3 is 5.97 Å². The largest absolute Gasteiger partial charge is 0.465 e. The van der Waals surface area contributed by atoms with Crippen LogP contribution in [0.4, 0.5) is 10.1 Å². The zero-order valence-electron chi connectivity index (χ0n) is 12.7. The van der Waals surface area contributed by atoms with Crippen molar-refractivity contribution in [3.8, 4) is 0 Å². The third-order valence-electron chi connectivity index (χ3n) is 3.22. The van der Waals surface area contributed by atoms with Gasteiger partial charge in [0, 0.05) is 0 Å². The SMILES string of the molecule is COC(=O)c1ccc(CN(c2ccccc2F)S(C)(=O)=O)cc1. The standard InChI is InChI=1S/C16H16FNO4S/c1-22-16(19)13-9-7-12(8-10-13)11-18(23(2,20)21)15-6-4-3-5-14(15)17/h3-10H,11H2,1-2H3. The predicted octanol–water partition coefficient (Wildman–Crippen LogP) is 2.58. The minimum atomic E-state index is -3.67. The molecule has 23 heavy (non-hydrogen) atoms. The summed E-state index contributed by atoms with van der Waals surface area (Å²) < 4.78 is 43.5. The monoisotopic (exact) mass is 337 g/mol. The van der Waals surface area contributed by atoms with Crippen LogP contribution >= 0.6 is 0 Å². The van der Waals surface area contributed by atoms with Gasteiger partial charge in [0.15, 0.2) is 0 Å². The first-order chi connectivity index (χ1) is 10.8. The Kier molecular flexibility index (Phi) is 5.00. The number of anilines is 1. The number of carbonyl (C=O) groups is 1. The highest BCUT2D eigenvalue weighted by Crippen LogP contribution is 2.23. The molecule has 0 atom stereocenters. The van der Waals surface area contributed by atoms with Gasteiger partial charge in [-0.2, -0.15) is 0 Å². The molecule has 0 heterocycles. The third kappa shape index (κ3) is 4.07. The van der Waals surface area contributed by atoms with Gasteiger partial charge in [0.2, 0.25) is 10.0 Å². The minimum Gasteiger partial charge on any atom is -0.465 e. The maximum atomic E-state index is 13.9. The molecule has 5 nitrogen and oxygen atoms in total. The van der Waals surface area contributed by atoms with Gasteiger partial charge in [-0.25, -0.2) is 17.6 Å². The molecule has 0 unspecified atom stereocenters. The molecule has 0 aliphatic carbocycles. The van der Waals surface area contributed by atoms with Crippen LogP contribution in [0.5, 0.6) is 0 Å². The number of ether oxygens (including phenoxy) is 1. The highest BCUT2D eigenvalue weighted by molar-refractivity contribution is 7.92. The van der Waals surface area contributed by atoms with Crippen LogP contribution in [0.15, 0.2) is 48.5 Å². The Morgan fingerprint density at radius 2 is 1.74 bits per heavy atom. The number of rotatable bonds is 5. The molecule has 0 N–H and O–H groups in total. The van der Waals surface area contributed by atoms with Crippen molar-refractivity contribution in [2.75, 3.05) is 17.7 Å². The fourth-order valence-electron chi connectivity index (χ4n) is 2.06. The highest BCUT2D eigenvalue weighted by Gasteiger charge is 2.21. The van der Waals surface area contributed by atoms with Crippen molar-refractivity contribution in [1.29, 1.82) is 0 Å². The summed E-state index contributed by atoms with van der Waals surface area (Å²) in [5.41, 5.74) is 0.950. The van der Waals surface area contributed by atoms with Gasteiger partial charge < -0.3 is 4.74 Å². The zero-order valence-corrected chi connectivity index (χ0v) is 13.5. The van der Waals surface area contributed by atoms with Gasteiger partial charge in [-0.3, -0.25) is 4.31 Å². The van der Waals surface area contributed by atoms with Gasteiger partial charge in [-0.05, 0) is 29.8 Å². The van der Waals surface area contributed by atoms with E-state index < -0.39 is 21.8 Å². The van der Waals surface area contributed by atoms with Crippen LogP contribution in [0.25, 0.3) is 0 Å². The number of halogens is 1. The van der Waals surface area contributed by atoms with Crippen molar-refractivity contribution in [2.45, 2.75) is 6.54 Å². The molecule has 2 rings (SSSR count). The molecule has 7 heteroatoms. The average Bonchev–Trinajstić information content (AvgIpc) is 2.52. The number of methoxy groups -OCH3 is 1. The molecule has 0 fully saturated rings. The fraction of sp³-hybridized carbons (Fsp3) is 0.188. The molecule has 0 radical (unpaired) electrons. The van der Waals surface area contributed by atoms with E-state index >= 15 is 0 Å². The van der Waals surface area contributed by atoms with Crippen molar-refractivity contribution in [3.05, 3.63) is 65.5 Å². The van der Waals surface area contributed by atoms with Gasteiger partial charge in [-0.1, -0.05) is 24.3 Å². The number of esters is 1. The normalized spacial score (nSPS) is 11.1. The number of para-hydroxylation sites is 1. The minimum absolute atomic E-state index is 0.0213. The molecular formula is C16H16FNO4S. The van der Waals surface area contributed by atoms with Gasteiger partial charge in [0.25, 0.3) is 0 Å². The van der Waals surface area contributed by atoms with Crippen LogP contribution in [0.3, 0.4) is 0 Å². The van der Waals surface area contributed by atoms with Crippen LogP contribution in [-0.4, -0.2) is 27.8 Å². The molecule has 0 saturated carbocycles. The molecule has 0 saturated heterocycles. The molecule has 122 valence electrons. The number of carbonyl (C=O) groups excluding carboxylic acids is 1. The predicted molar refractivity (Wildman–Crippen MR) is 85.2 cm³/mol. The lowest BCUT2D eigenvalue weighted by Crippen LogP contribution is -2.30.